The first kappa shape index (κ1) is 27.1. The van der Waals surface area contributed by atoms with Gasteiger partial charge in [-0.3, -0.25) is 0 Å². The van der Waals surface area contributed by atoms with Crippen molar-refractivity contribution < 1.29 is 26.7 Å². The Morgan fingerprint density at radius 1 is 1.15 bits per heavy atom. The molecule has 0 heterocycles. The van der Waals surface area contributed by atoms with Crippen LogP contribution in [0.15, 0.2) is 51.8 Å². The lowest BCUT2D eigenvalue weighted by atomic mass is 9.88. The third kappa shape index (κ3) is 6.81. The molecule has 0 saturated heterocycles. The first-order valence-corrected chi connectivity index (χ1v) is 13.2. The summed E-state index contributed by atoms with van der Waals surface area (Å²) in [6.07, 6.45) is -2.80. The maximum atomic E-state index is 13.1. The van der Waals surface area contributed by atoms with Gasteiger partial charge in [0.25, 0.3) is 0 Å². The van der Waals surface area contributed by atoms with Crippen LogP contribution in [0.1, 0.15) is 37.0 Å². The van der Waals surface area contributed by atoms with Crippen LogP contribution in [0.3, 0.4) is 0 Å². The van der Waals surface area contributed by atoms with E-state index in [0.29, 0.717) is 12.0 Å². The minimum atomic E-state index is -4.68. The minimum Gasteiger partial charge on any atom is -0.390 e. The molecule has 0 spiro atoms. The van der Waals surface area contributed by atoms with Crippen molar-refractivity contribution in [2.24, 2.45) is 5.92 Å². The summed E-state index contributed by atoms with van der Waals surface area (Å²) in [7, 11) is -2.98. The Morgan fingerprint density at radius 3 is 2.29 bits per heavy atom. The van der Waals surface area contributed by atoms with Crippen molar-refractivity contribution in [3.8, 4) is 0 Å². The van der Waals surface area contributed by atoms with Crippen molar-refractivity contribution in [3.05, 3.63) is 63.6 Å². The number of fused-ring (bicyclic) bond motifs is 1. The summed E-state index contributed by atoms with van der Waals surface area (Å²) in [5.74, 6) is 0.486. The molecule has 10 heteroatoms. The number of β-amino-alcohol motifs (C(OH)–C–C–N with tert-alkyl or cyclic N) is 1. The van der Waals surface area contributed by atoms with Crippen LogP contribution in [0, 0.1) is 5.92 Å². The van der Waals surface area contributed by atoms with Crippen molar-refractivity contribution in [3.63, 3.8) is 0 Å². The third-order valence-electron chi connectivity index (χ3n) is 6.13. The highest BCUT2D eigenvalue weighted by Gasteiger charge is 2.34. The number of likely N-dealkylation sites (N-methyl/N-ethyl adjacent to an activating group) is 1. The fourth-order valence-corrected chi connectivity index (χ4v) is 6.42. The number of alkyl halides is 3. The lowest BCUT2D eigenvalue weighted by molar-refractivity contribution is -0.137. The molecule has 1 atom stereocenters. The van der Waals surface area contributed by atoms with Gasteiger partial charge in [-0.25, -0.2) is 8.42 Å². The summed E-state index contributed by atoms with van der Waals surface area (Å²) in [6, 6.07) is 10.9. The van der Waals surface area contributed by atoms with E-state index in [1.54, 1.807) is 0 Å². The zero-order chi connectivity index (χ0) is 25.3. The van der Waals surface area contributed by atoms with Crippen molar-refractivity contribution in [2.75, 3.05) is 20.1 Å². The van der Waals surface area contributed by atoms with Gasteiger partial charge in [0, 0.05) is 30.1 Å². The number of sulfonamides is 1. The third-order valence-corrected chi connectivity index (χ3v) is 8.38. The second-order valence-corrected chi connectivity index (χ2v) is 12.6. The summed E-state index contributed by atoms with van der Waals surface area (Å²) in [6.45, 7) is 3.99. The Labute approximate surface area is 207 Å². The van der Waals surface area contributed by atoms with E-state index in [-0.39, 0.29) is 23.1 Å². The van der Waals surface area contributed by atoms with Crippen LogP contribution < -0.4 is 5.32 Å². The predicted molar refractivity (Wildman–Crippen MR) is 129 cm³/mol. The lowest BCUT2D eigenvalue weighted by Gasteiger charge is -2.31. The first-order valence-electron chi connectivity index (χ1n) is 11.0. The molecule has 2 N–H and O–H groups in total. The maximum Gasteiger partial charge on any atom is 0.416 e. The fourth-order valence-electron chi connectivity index (χ4n) is 4.50. The molecule has 34 heavy (non-hydrogen) atoms. The number of hydrogen-bond donors (Lipinski definition) is 2. The second-order valence-electron chi connectivity index (χ2n) is 9.62. The molecular weight excluding hydrogens is 533 g/mol. The Hall–Kier alpha value is -1.46. The van der Waals surface area contributed by atoms with E-state index in [2.05, 4.69) is 33.4 Å². The number of benzene rings is 2. The summed E-state index contributed by atoms with van der Waals surface area (Å²) in [5.41, 5.74) is 1.40. The molecule has 1 aliphatic rings. The molecule has 0 saturated carbocycles. The number of hydrogen-bond acceptors (Lipinski definition) is 4. The molecule has 2 aromatic carbocycles. The van der Waals surface area contributed by atoms with Crippen LogP contribution in [-0.2, 0) is 29.0 Å². The molecule has 0 bridgehead atoms. The van der Waals surface area contributed by atoms with Crippen LogP contribution in [0.2, 0.25) is 0 Å². The molecule has 0 radical (unpaired) electrons. The summed E-state index contributed by atoms with van der Waals surface area (Å²) < 4.78 is 65.9. The SMILES string of the molecule is CN(C[C@H](O)CNC(C)(C)CC1Cc2ccccc2C1)S(=O)(=O)c1cc(Br)cc(C(F)(F)F)c1. The number of aliphatic hydroxyl groups is 1. The standard InChI is InChI=1S/C24H30BrF3N2O3S/c1-23(2,13-16-8-17-6-4-5-7-18(17)9-16)29-14-21(31)15-30(3)34(32,33)22-11-19(24(26,27)28)10-20(25)12-22/h4-7,10-12,16,21,29,31H,8-9,13-15H2,1-3H3/t21-/m1/s1. The van der Waals surface area contributed by atoms with E-state index in [1.807, 2.05) is 26.0 Å². The van der Waals surface area contributed by atoms with Gasteiger partial charge in [-0.15, -0.1) is 0 Å². The molecule has 5 nitrogen and oxygen atoms in total. The zero-order valence-electron chi connectivity index (χ0n) is 19.4. The zero-order valence-corrected chi connectivity index (χ0v) is 21.8. The van der Waals surface area contributed by atoms with Gasteiger partial charge in [0.1, 0.15) is 0 Å². The number of halogens is 4. The molecule has 0 fully saturated rings. The molecule has 3 rings (SSSR count). The first-order chi connectivity index (χ1) is 15.7. The Balaban J connectivity index is 1.57. The average molecular weight is 563 g/mol. The number of nitrogens with zero attached hydrogens (tertiary/aromatic N) is 1. The van der Waals surface area contributed by atoms with Crippen molar-refractivity contribution in [1.82, 2.24) is 9.62 Å². The van der Waals surface area contributed by atoms with Gasteiger partial charge in [0.15, 0.2) is 0 Å². The fraction of sp³-hybridized carbons (Fsp3) is 0.500. The number of aliphatic hydroxyl groups excluding tert-OH is 1. The van der Waals surface area contributed by atoms with Crippen LogP contribution >= 0.6 is 15.9 Å². The van der Waals surface area contributed by atoms with E-state index in [1.165, 1.54) is 18.2 Å². The highest BCUT2D eigenvalue weighted by atomic mass is 79.9. The van der Waals surface area contributed by atoms with Gasteiger partial charge < -0.3 is 10.4 Å². The van der Waals surface area contributed by atoms with Crippen LogP contribution in [0.25, 0.3) is 0 Å². The summed E-state index contributed by atoms with van der Waals surface area (Å²) >= 11 is 2.95. The topological polar surface area (TPSA) is 69.6 Å². The predicted octanol–water partition coefficient (Wildman–Crippen LogP) is 4.62. The Kier molecular flexibility index (Phi) is 8.19. The molecule has 188 valence electrons. The molecule has 0 aromatic heterocycles. The lowest BCUT2D eigenvalue weighted by Crippen LogP contribution is -2.47. The molecule has 2 aromatic rings. The van der Waals surface area contributed by atoms with Gasteiger partial charge in [0.2, 0.25) is 10.0 Å². The van der Waals surface area contributed by atoms with Crippen LogP contribution in [0.4, 0.5) is 13.2 Å². The second kappa shape index (κ2) is 10.3. The summed E-state index contributed by atoms with van der Waals surface area (Å²) in [5, 5.41) is 13.8. The minimum absolute atomic E-state index is 0.00679. The Morgan fingerprint density at radius 2 is 1.74 bits per heavy atom. The van der Waals surface area contributed by atoms with Crippen LogP contribution in [0.5, 0.6) is 0 Å². The molecule has 0 aliphatic heterocycles. The summed E-state index contributed by atoms with van der Waals surface area (Å²) in [4.78, 5) is -0.488. The van der Waals surface area contributed by atoms with Crippen molar-refractivity contribution >= 4 is 26.0 Å². The van der Waals surface area contributed by atoms with Crippen LogP contribution in [-0.4, -0.2) is 49.6 Å². The molecule has 0 amide bonds. The van der Waals surface area contributed by atoms with E-state index >= 15 is 0 Å². The largest absolute Gasteiger partial charge is 0.416 e. The van der Waals surface area contributed by atoms with E-state index < -0.39 is 32.8 Å². The quantitative estimate of drug-likeness (QED) is 0.467. The monoisotopic (exact) mass is 562 g/mol. The van der Waals surface area contributed by atoms with E-state index in [4.69, 9.17) is 0 Å². The van der Waals surface area contributed by atoms with Gasteiger partial charge in [0.05, 0.1) is 16.6 Å². The molecule has 0 unspecified atom stereocenters. The molecular formula is C24H30BrF3N2O3S. The van der Waals surface area contributed by atoms with Crippen molar-refractivity contribution in [2.45, 2.75) is 55.8 Å². The number of nitrogens with one attached hydrogen (secondary N) is 1. The van der Waals surface area contributed by atoms with Gasteiger partial charge >= 0.3 is 6.18 Å². The van der Waals surface area contributed by atoms with E-state index in [9.17, 15) is 26.7 Å². The molecule has 1 aliphatic carbocycles. The van der Waals surface area contributed by atoms with E-state index in [0.717, 1.165) is 35.7 Å². The average Bonchev–Trinajstić information content (AvgIpc) is 3.12. The van der Waals surface area contributed by atoms with Crippen molar-refractivity contribution in [1.29, 1.82) is 0 Å². The van der Waals surface area contributed by atoms with Gasteiger partial charge in [-0.2, -0.15) is 17.5 Å². The highest BCUT2D eigenvalue weighted by molar-refractivity contribution is 9.10. The highest BCUT2D eigenvalue weighted by Crippen LogP contribution is 2.34. The van der Waals surface area contributed by atoms with Gasteiger partial charge in [-0.05, 0) is 68.4 Å². The smallest absolute Gasteiger partial charge is 0.390 e. The normalized spacial score (nSPS) is 16.1. The maximum absolute atomic E-state index is 13.1. The van der Waals surface area contributed by atoms with Gasteiger partial charge in [-0.1, -0.05) is 40.2 Å². The number of rotatable bonds is 9. The Bertz CT molecular complexity index is 1100.